The van der Waals surface area contributed by atoms with Gasteiger partial charge in [0, 0.05) is 5.69 Å². The fourth-order valence-electron chi connectivity index (χ4n) is 3.53. The van der Waals surface area contributed by atoms with E-state index in [0.29, 0.717) is 17.2 Å². The molecule has 3 aromatic rings. The molecule has 194 valence electrons. The van der Waals surface area contributed by atoms with Crippen molar-refractivity contribution in [2.75, 3.05) is 23.8 Å². The van der Waals surface area contributed by atoms with E-state index in [0.717, 1.165) is 28.2 Å². The molecular weight excluding hydrogens is 501 g/mol. The zero-order chi connectivity index (χ0) is 27.3. The van der Waals surface area contributed by atoms with Gasteiger partial charge in [-0.05, 0) is 73.3 Å². The number of halogens is 1. The van der Waals surface area contributed by atoms with Crippen LogP contribution in [0, 0.1) is 19.7 Å². The van der Waals surface area contributed by atoms with Crippen LogP contribution in [0.15, 0.2) is 42.5 Å². The number of nitrogen functional groups attached to an aromatic ring is 1. The molecule has 0 radical (unpaired) electrons. The number of nitrogens with one attached hydrogen (secondary N) is 1. The standard InChI is InChI=1S/C25H26FN5O5S/c1-4-36-18(32)12-29-24(34)21(15-6-8-16(26)9-7-15)31(17-10-5-13(2)14(3)11-17)25(35)22-19(27)20(23(28)33)30-37-22/h5-11,21H,4,12,27H2,1-3H3,(H2,28,33)(H,29,34)/t21-/m1/s1. The molecule has 1 heterocycles. The Morgan fingerprint density at radius 2 is 1.78 bits per heavy atom. The minimum absolute atomic E-state index is 0.114. The molecule has 0 saturated carbocycles. The lowest BCUT2D eigenvalue weighted by Crippen LogP contribution is -2.45. The number of primary amides is 1. The lowest BCUT2D eigenvalue weighted by Gasteiger charge is -2.31. The minimum Gasteiger partial charge on any atom is -0.465 e. The lowest BCUT2D eigenvalue weighted by molar-refractivity contribution is -0.143. The molecule has 0 bridgehead atoms. The Bertz CT molecular complexity index is 1340. The van der Waals surface area contributed by atoms with E-state index in [2.05, 4.69) is 9.69 Å². The molecule has 5 N–H and O–H groups in total. The first-order chi connectivity index (χ1) is 17.5. The van der Waals surface area contributed by atoms with E-state index in [1.165, 1.54) is 12.1 Å². The summed E-state index contributed by atoms with van der Waals surface area (Å²) in [5.74, 6) is -3.60. The Morgan fingerprint density at radius 1 is 1.11 bits per heavy atom. The van der Waals surface area contributed by atoms with Gasteiger partial charge in [0.2, 0.25) is 5.91 Å². The molecule has 3 amide bonds. The number of aromatic nitrogens is 1. The Morgan fingerprint density at radius 3 is 2.35 bits per heavy atom. The first-order valence-electron chi connectivity index (χ1n) is 11.2. The third-order valence-electron chi connectivity index (χ3n) is 5.55. The summed E-state index contributed by atoms with van der Waals surface area (Å²) < 4.78 is 22.5. The van der Waals surface area contributed by atoms with Gasteiger partial charge >= 0.3 is 5.97 Å². The summed E-state index contributed by atoms with van der Waals surface area (Å²) in [5.41, 5.74) is 13.2. The highest BCUT2D eigenvalue weighted by molar-refractivity contribution is 7.09. The van der Waals surface area contributed by atoms with Crippen LogP contribution in [0.2, 0.25) is 0 Å². The summed E-state index contributed by atoms with van der Waals surface area (Å²) in [6, 6.07) is 8.77. The SMILES string of the molecule is CCOC(=O)CNC(=O)[C@@H](c1ccc(F)cc1)N(C(=O)c1snc(C(N)=O)c1N)c1ccc(C)c(C)c1. The number of hydrogen-bond acceptors (Lipinski definition) is 8. The molecule has 1 atom stereocenters. The number of ether oxygens (including phenoxy) is 1. The number of carbonyl (C=O) groups excluding carboxylic acids is 4. The molecule has 0 fully saturated rings. The highest BCUT2D eigenvalue weighted by Gasteiger charge is 2.36. The van der Waals surface area contributed by atoms with E-state index in [-0.39, 0.29) is 28.4 Å². The first kappa shape index (κ1) is 27.3. The van der Waals surface area contributed by atoms with E-state index in [1.807, 2.05) is 13.8 Å². The summed E-state index contributed by atoms with van der Waals surface area (Å²) in [4.78, 5) is 52.1. The smallest absolute Gasteiger partial charge is 0.325 e. The van der Waals surface area contributed by atoms with Gasteiger partial charge in [-0.2, -0.15) is 4.37 Å². The second-order valence-corrected chi connectivity index (χ2v) is 8.83. The molecule has 10 nitrogen and oxygen atoms in total. The Labute approximate surface area is 216 Å². The van der Waals surface area contributed by atoms with Crippen LogP contribution < -0.4 is 21.7 Å². The number of carbonyl (C=O) groups is 4. The number of amides is 3. The maximum Gasteiger partial charge on any atom is 0.325 e. The van der Waals surface area contributed by atoms with Crippen LogP contribution in [0.4, 0.5) is 15.8 Å². The molecule has 37 heavy (non-hydrogen) atoms. The van der Waals surface area contributed by atoms with Crippen molar-refractivity contribution >= 4 is 46.6 Å². The quantitative estimate of drug-likeness (QED) is 0.361. The average Bonchev–Trinajstić information content (AvgIpc) is 3.25. The Balaban J connectivity index is 2.18. The van der Waals surface area contributed by atoms with E-state index < -0.39 is 42.1 Å². The van der Waals surface area contributed by atoms with Gasteiger partial charge in [0.25, 0.3) is 11.8 Å². The zero-order valence-electron chi connectivity index (χ0n) is 20.4. The maximum absolute atomic E-state index is 13.9. The van der Waals surface area contributed by atoms with Crippen molar-refractivity contribution in [1.82, 2.24) is 9.69 Å². The van der Waals surface area contributed by atoms with Crippen molar-refractivity contribution < 1.29 is 28.3 Å². The molecule has 0 aliphatic heterocycles. The second kappa shape index (κ2) is 11.6. The summed E-state index contributed by atoms with van der Waals surface area (Å²) in [5, 5.41) is 2.48. The third kappa shape index (κ3) is 6.09. The molecular formula is C25H26FN5O5S. The highest BCUT2D eigenvalue weighted by atomic mass is 32.1. The van der Waals surface area contributed by atoms with Crippen molar-refractivity contribution in [2.24, 2.45) is 5.73 Å². The average molecular weight is 528 g/mol. The predicted molar refractivity (Wildman–Crippen MR) is 137 cm³/mol. The summed E-state index contributed by atoms with van der Waals surface area (Å²) in [6.45, 7) is 5.02. The van der Waals surface area contributed by atoms with Gasteiger partial charge in [-0.3, -0.25) is 24.1 Å². The Kier molecular flexibility index (Phi) is 8.56. The number of hydrogen-bond donors (Lipinski definition) is 3. The largest absolute Gasteiger partial charge is 0.465 e. The summed E-state index contributed by atoms with van der Waals surface area (Å²) in [6.07, 6.45) is 0. The fraction of sp³-hybridized carbons (Fsp3) is 0.240. The number of nitrogens with zero attached hydrogens (tertiary/aromatic N) is 2. The van der Waals surface area contributed by atoms with Crippen LogP contribution in [-0.2, 0) is 14.3 Å². The van der Waals surface area contributed by atoms with Crippen LogP contribution in [0.3, 0.4) is 0 Å². The van der Waals surface area contributed by atoms with Crippen molar-refractivity contribution in [3.8, 4) is 0 Å². The molecule has 0 spiro atoms. The third-order valence-corrected chi connectivity index (χ3v) is 6.40. The summed E-state index contributed by atoms with van der Waals surface area (Å²) in [7, 11) is 0. The zero-order valence-corrected chi connectivity index (χ0v) is 21.2. The second-order valence-electron chi connectivity index (χ2n) is 8.06. The highest BCUT2D eigenvalue weighted by Crippen LogP contribution is 2.34. The van der Waals surface area contributed by atoms with Gasteiger partial charge in [0.05, 0.1) is 12.3 Å². The van der Waals surface area contributed by atoms with E-state index in [4.69, 9.17) is 16.2 Å². The van der Waals surface area contributed by atoms with Crippen LogP contribution >= 0.6 is 11.5 Å². The van der Waals surface area contributed by atoms with E-state index >= 15 is 0 Å². The van der Waals surface area contributed by atoms with E-state index in [9.17, 15) is 23.6 Å². The van der Waals surface area contributed by atoms with Crippen LogP contribution in [0.1, 0.15) is 49.8 Å². The van der Waals surface area contributed by atoms with Gasteiger partial charge in [0.15, 0.2) is 5.69 Å². The minimum atomic E-state index is -1.36. The van der Waals surface area contributed by atoms with Crippen molar-refractivity contribution in [2.45, 2.75) is 26.8 Å². The topological polar surface area (TPSA) is 158 Å². The molecule has 0 unspecified atom stereocenters. The number of esters is 1. The number of rotatable bonds is 9. The number of benzene rings is 2. The van der Waals surface area contributed by atoms with Gasteiger partial charge in [-0.25, -0.2) is 4.39 Å². The molecule has 0 saturated heterocycles. The molecule has 0 aliphatic carbocycles. The Hall–Kier alpha value is -4.32. The fourth-order valence-corrected chi connectivity index (χ4v) is 4.27. The molecule has 12 heteroatoms. The van der Waals surface area contributed by atoms with Crippen LogP contribution in [0.5, 0.6) is 0 Å². The molecule has 3 rings (SSSR count). The van der Waals surface area contributed by atoms with Gasteiger partial charge in [-0.1, -0.05) is 18.2 Å². The van der Waals surface area contributed by atoms with Crippen LogP contribution in [0.25, 0.3) is 0 Å². The monoisotopic (exact) mass is 527 g/mol. The van der Waals surface area contributed by atoms with Crippen molar-refractivity contribution in [3.05, 3.63) is 75.5 Å². The number of nitrogens with two attached hydrogens (primary N) is 2. The first-order valence-corrected chi connectivity index (χ1v) is 12.0. The van der Waals surface area contributed by atoms with Gasteiger partial charge in [-0.15, -0.1) is 0 Å². The molecule has 1 aromatic heterocycles. The lowest BCUT2D eigenvalue weighted by atomic mass is 10.0. The van der Waals surface area contributed by atoms with Gasteiger partial charge < -0.3 is 21.5 Å². The predicted octanol–water partition coefficient (Wildman–Crippen LogP) is 2.65. The van der Waals surface area contributed by atoms with Crippen LogP contribution in [-0.4, -0.2) is 41.2 Å². The molecule has 2 aromatic carbocycles. The molecule has 0 aliphatic rings. The van der Waals surface area contributed by atoms with E-state index in [1.54, 1.807) is 25.1 Å². The number of aryl methyl sites for hydroxylation is 2. The summed E-state index contributed by atoms with van der Waals surface area (Å²) >= 11 is 0.662. The maximum atomic E-state index is 13.9. The normalized spacial score (nSPS) is 11.5. The van der Waals surface area contributed by atoms with Gasteiger partial charge in [0.1, 0.15) is 23.3 Å². The van der Waals surface area contributed by atoms with Crippen molar-refractivity contribution in [1.29, 1.82) is 0 Å². The van der Waals surface area contributed by atoms with Crippen molar-refractivity contribution in [3.63, 3.8) is 0 Å². The number of anilines is 2.